The average Bonchev–Trinajstić information content (AvgIpc) is 2.86. The summed E-state index contributed by atoms with van der Waals surface area (Å²) in [5.41, 5.74) is 3.85. The van der Waals surface area contributed by atoms with E-state index in [1.807, 2.05) is 54.6 Å². The number of para-hydroxylation sites is 1. The zero-order valence-electron chi connectivity index (χ0n) is 19.7. The molecule has 0 aliphatic carbocycles. The highest BCUT2D eigenvalue weighted by Crippen LogP contribution is 2.17. The van der Waals surface area contributed by atoms with Crippen LogP contribution in [-0.2, 0) is 16.0 Å². The van der Waals surface area contributed by atoms with Gasteiger partial charge in [0.15, 0.2) is 0 Å². The van der Waals surface area contributed by atoms with Gasteiger partial charge < -0.3 is 20.4 Å². The SMILES string of the molecule is CN(C)C(=O)CCc1ccc(NCC(=O)Nc2ccc(C(=O)N(C)c3ccccc3)cc2)cc1. The van der Waals surface area contributed by atoms with Gasteiger partial charge in [-0.05, 0) is 60.5 Å². The topological polar surface area (TPSA) is 81.8 Å². The number of nitrogens with zero attached hydrogens (tertiary/aromatic N) is 2. The molecule has 0 aliphatic heterocycles. The molecule has 0 saturated heterocycles. The number of aryl methyl sites for hydroxylation is 1. The van der Waals surface area contributed by atoms with Gasteiger partial charge in [0.05, 0.1) is 6.54 Å². The highest BCUT2D eigenvalue weighted by atomic mass is 16.2. The Morgan fingerprint density at radius 1 is 0.765 bits per heavy atom. The normalized spacial score (nSPS) is 10.3. The van der Waals surface area contributed by atoms with Crippen LogP contribution in [0.3, 0.4) is 0 Å². The number of rotatable bonds is 9. The number of carbonyl (C=O) groups is 3. The third-order valence-electron chi connectivity index (χ3n) is 5.40. The number of anilines is 3. The fraction of sp³-hybridized carbons (Fsp3) is 0.222. The summed E-state index contributed by atoms with van der Waals surface area (Å²) in [7, 11) is 5.23. The smallest absolute Gasteiger partial charge is 0.258 e. The molecule has 0 bridgehead atoms. The van der Waals surface area contributed by atoms with Crippen LogP contribution in [0.25, 0.3) is 0 Å². The van der Waals surface area contributed by atoms with Crippen LogP contribution in [0.5, 0.6) is 0 Å². The molecule has 7 nitrogen and oxygen atoms in total. The fourth-order valence-corrected chi connectivity index (χ4v) is 3.31. The van der Waals surface area contributed by atoms with E-state index in [4.69, 9.17) is 0 Å². The summed E-state index contributed by atoms with van der Waals surface area (Å²) in [5, 5.41) is 5.92. The lowest BCUT2D eigenvalue weighted by Gasteiger charge is -2.17. The van der Waals surface area contributed by atoms with Crippen molar-refractivity contribution in [3.63, 3.8) is 0 Å². The first kappa shape index (κ1) is 24.5. The Morgan fingerprint density at radius 2 is 1.38 bits per heavy atom. The average molecular weight is 459 g/mol. The third kappa shape index (κ3) is 6.93. The summed E-state index contributed by atoms with van der Waals surface area (Å²) in [6, 6.07) is 23.9. The Labute approximate surface area is 200 Å². The van der Waals surface area contributed by atoms with Gasteiger partial charge in [-0.15, -0.1) is 0 Å². The summed E-state index contributed by atoms with van der Waals surface area (Å²) in [6.07, 6.45) is 1.15. The van der Waals surface area contributed by atoms with Crippen molar-refractivity contribution < 1.29 is 14.4 Å². The van der Waals surface area contributed by atoms with Gasteiger partial charge in [-0.2, -0.15) is 0 Å². The molecule has 0 spiro atoms. The number of benzene rings is 3. The molecule has 176 valence electrons. The van der Waals surface area contributed by atoms with Crippen molar-refractivity contribution in [1.29, 1.82) is 0 Å². The first-order valence-corrected chi connectivity index (χ1v) is 11.1. The molecule has 0 aliphatic rings. The molecule has 0 radical (unpaired) electrons. The number of hydrogen-bond acceptors (Lipinski definition) is 4. The summed E-state index contributed by atoms with van der Waals surface area (Å²) < 4.78 is 0. The van der Waals surface area contributed by atoms with Gasteiger partial charge in [0, 0.05) is 50.2 Å². The highest BCUT2D eigenvalue weighted by Gasteiger charge is 2.13. The van der Waals surface area contributed by atoms with E-state index in [9.17, 15) is 14.4 Å². The number of carbonyl (C=O) groups excluding carboxylic acids is 3. The van der Waals surface area contributed by atoms with E-state index in [1.54, 1.807) is 55.2 Å². The molecule has 0 unspecified atom stereocenters. The number of amides is 3. The molecule has 3 rings (SSSR count). The second-order valence-corrected chi connectivity index (χ2v) is 8.16. The van der Waals surface area contributed by atoms with Crippen LogP contribution >= 0.6 is 0 Å². The van der Waals surface area contributed by atoms with E-state index in [0.717, 1.165) is 16.9 Å². The molecule has 0 fully saturated rings. The maximum atomic E-state index is 12.7. The van der Waals surface area contributed by atoms with E-state index in [2.05, 4.69) is 10.6 Å². The van der Waals surface area contributed by atoms with Crippen molar-refractivity contribution in [1.82, 2.24) is 4.90 Å². The monoisotopic (exact) mass is 458 g/mol. The summed E-state index contributed by atoms with van der Waals surface area (Å²) >= 11 is 0. The quantitative estimate of drug-likeness (QED) is 0.507. The standard InChI is InChI=1S/C27H30N4O3/c1-30(2)26(33)18-11-20-9-14-22(15-10-20)28-19-25(32)29-23-16-12-21(13-17-23)27(34)31(3)24-7-5-4-6-8-24/h4-10,12-17,28H,11,18-19H2,1-3H3,(H,29,32). The van der Waals surface area contributed by atoms with Gasteiger partial charge in [-0.25, -0.2) is 0 Å². The van der Waals surface area contributed by atoms with Gasteiger partial charge in [0.25, 0.3) is 5.91 Å². The summed E-state index contributed by atoms with van der Waals surface area (Å²) in [5.74, 6) is -0.221. The lowest BCUT2D eigenvalue weighted by atomic mass is 10.1. The minimum atomic E-state index is -0.193. The summed E-state index contributed by atoms with van der Waals surface area (Å²) in [4.78, 5) is 39.9. The second-order valence-electron chi connectivity index (χ2n) is 8.16. The van der Waals surface area contributed by atoms with Crippen LogP contribution in [-0.4, -0.2) is 50.3 Å². The van der Waals surface area contributed by atoms with Crippen LogP contribution < -0.4 is 15.5 Å². The molecule has 0 aromatic heterocycles. The predicted octanol–water partition coefficient (Wildman–Crippen LogP) is 4.03. The van der Waals surface area contributed by atoms with E-state index in [1.165, 1.54) is 0 Å². The van der Waals surface area contributed by atoms with Crippen LogP contribution in [0, 0.1) is 0 Å². The van der Waals surface area contributed by atoms with Crippen LogP contribution in [0.4, 0.5) is 17.1 Å². The van der Waals surface area contributed by atoms with E-state index >= 15 is 0 Å². The van der Waals surface area contributed by atoms with Crippen LogP contribution in [0.1, 0.15) is 22.3 Å². The van der Waals surface area contributed by atoms with Crippen molar-refractivity contribution in [3.05, 3.63) is 90.0 Å². The highest BCUT2D eigenvalue weighted by molar-refractivity contribution is 6.06. The number of hydrogen-bond donors (Lipinski definition) is 2. The van der Waals surface area contributed by atoms with Gasteiger partial charge in [0.2, 0.25) is 11.8 Å². The van der Waals surface area contributed by atoms with Gasteiger partial charge >= 0.3 is 0 Å². The largest absolute Gasteiger partial charge is 0.376 e. The molecule has 3 aromatic rings. The molecule has 3 aromatic carbocycles. The molecule has 0 saturated carbocycles. The lowest BCUT2D eigenvalue weighted by Crippen LogP contribution is -2.26. The molecule has 3 amide bonds. The Morgan fingerprint density at radius 3 is 2.00 bits per heavy atom. The van der Waals surface area contributed by atoms with Crippen molar-refractivity contribution in [2.45, 2.75) is 12.8 Å². The number of nitrogens with one attached hydrogen (secondary N) is 2. The minimum absolute atomic E-state index is 0.0967. The summed E-state index contributed by atoms with van der Waals surface area (Å²) in [6.45, 7) is 0.107. The van der Waals surface area contributed by atoms with Gasteiger partial charge in [-0.1, -0.05) is 30.3 Å². The molecule has 2 N–H and O–H groups in total. The van der Waals surface area contributed by atoms with Crippen LogP contribution in [0.2, 0.25) is 0 Å². The lowest BCUT2D eigenvalue weighted by molar-refractivity contribution is -0.128. The van der Waals surface area contributed by atoms with Crippen molar-refractivity contribution in [3.8, 4) is 0 Å². The third-order valence-corrected chi connectivity index (χ3v) is 5.40. The van der Waals surface area contributed by atoms with E-state index in [0.29, 0.717) is 24.1 Å². The van der Waals surface area contributed by atoms with Crippen molar-refractivity contribution in [2.24, 2.45) is 0 Å². The molecule has 0 heterocycles. The molecule has 7 heteroatoms. The van der Waals surface area contributed by atoms with E-state index in [-0.39, 0.29) is 24.3 Å². The first-order chi connectivity index (χ1) is 16.3. The first-order valence-electron chi connectivity index (χ1n) is 11.1. The van der Waals surface area contributed by atoms with Gasteiger partial charge in [-0.3, -0.25) is 14.4 Å². The fourth-order valence-electron chi connectivity index (χ4n) is 3.31. The van der Waals surface area contributed by atoms with Crippen molar-refractivity contribution in [2.75, 3.05) is 43.2 Å². The maximum Gasteiger partial charge on any atom is 0.258 e. The Bertz CT molecular complexity index is 1110. The Hall–Kier alpha value is -4.13. The second kappa shape index (κ2) is 11.7. The Balaban J connectivity index is 1.47. The minimum Gasteiger partial charge on any atom is -0.376 e. The molecule has 0 atom stereocenters. The molecule has 34 heavy (non-hydrogen) atoms. The molecular formula is C27H30N4O3. The molecular weight excluding hydrogens is 428 g/mol. The van der Waals surface area contributed by atoms with Crippen LogP contribution in [0.15, 0.2) is 78.9 Å². The predicted molar refractivity (Wildman–Crippen MR) is 136 cm³/mol. The zero-order chi connectivity index (χ0) is 24.5. The zero-order valence-corrected chi connectivity index (χ0v) is 19.7. The van der Waals surface area contributed by atoms with Gasteiger partial charge in [0.1, 0.15) is 0 Å². The maximum absolute atomic E-state index is 12.7. The van der Waals surface area contributed by atoms with E-state index < -0.39 is 0 Å². The van der Waals surface area contributed by atoms with Crippen molar-refractivity contribution >= 4 is 34.8 Å². The Kier molecular flexibility index (Phi) is 8.40.